The average Bonchev–Trinajstić information content (AvgIpc) is 2.60. The Hall–Kier alpha value is -1.89. The fourth-order valence-electron chi connectivity index (χ4n) is 2.09. The van der Waals surface area contributed by atoms with E-state index in [9.17, 15) is 13.2 Å². The Labute approximate surface area is 153 Å². The molecule has 134 valence electrons. The molecule has 0 bridgehead atoms. The molecule has 2 N–H and O–H groups in total. The second-order valence-corrected chi connectivity index (χ2v) is 7.91. The van der Waals surface area contributed by atoms with E-state index in [0.29, 0.717) is 23.6 Å². The predicted octanol–water partition coefficient (Wildman–Crippen LogP) is 3.35. The summed E-state index contributed by atoms with van der Waals surface area (Å²) in [7, 11) is -3.57. The number of rotatable bonds is 7. The van der Waals surface area contributed by atoms with E-state index in [-0.39, 0.29) is 16.8 Å². The van der Waals surface area contributed by atoms with Crippen molar-refractivity contribution in [3.8, 4) is 0 Å². The van der Waals surface area contributed by atoms with Crippen molar-refractivity contribution in [2.45, 2.75) is 37.8 Å². The minimum Gasteiger partial charge on any atom is -0.348 e. The van der Waals surface area contributed by atoms with Crippen LogP contribution in [0.3, 0.4) is 0 Å². The Morgan fingerprint density at radius 1 is 1.08 bits per heavy atom. The summed E-state index contributed by atoms with van der Waals surface area (Å²) in [5.41, 5.74) is 1.33. The van der Waals surface area contributed by atoms with Crippen molar-refractivity contribution in [2.75, 3.05) is 0 Å². The normalized spacial score (nSPS) is 12.6. The molecule has 0 radical (unpaired) electrons. The van der Waals surface area contributed by atoms with E-state index in [2.05, 4.69) is 10.0 Å². The minimum absolute atomic E-state index is 0.141. The van der Waals surface area contributed by atoms with Crippen LogP contribution in [0.2, 0.25) is 5.02 Å². The Morgan fingerprint density at radius 2 is 1.68 bits per heavy atom. The zero-order valence-electron chi connectivity index (χ0n) is 14.1. The molecular weight excluding hydrogens is 360 g/mol. The Bertz CT molecular complexity index is 818. The number of halogens is 1. The van der Waals surface area contributed by atoms with E-state index in [1.165, 1.54) is 24.3 Å². The first-order chi connectivity index (χ1) is 11.8. The number of hydrogen-bond donors (Lipinski definition) is 2. The van der Waals surface area contributed by atoms with Crippen LogP contribution in [0.25, 0.3) is 0 Å². The third-order valence-corrected chi connectivity index (χ3v) is 5.62. The zero-order chi connectivity index (χ0) is 18.4. The van der Waals surface area contributed by atoms with Gasteiger partial charge in [0, 0.05) is 23.2 Å². The van der Waals surface area contributed by atoms with Gasteiger partial charge in [-0.15, -0.1) is 0 Å². The fraction of sp³-hybridized carbons (Fsp3) is 0.278. The first kappa shape index (κ1) is 19.4. The summed E-state index contributed by atoms with van der Waals surface area (Å²) in [6, 6.07) is 12.9. The molecule has 7 heteroatoms. The molecule has 0 aliphatic carbocycles. The third kappa shape index (κ3) is 5.56. The number of nitrogens with one attached hydrogen (secondary N) is 2. The van der Waals surface area contributed by atoms with Gasteiger partial charge >= 0.3 is 0 Å². The summed E-state index contributed by atoms with van der Waals surface area (Å²) in [4.78, 5) is 12.3. The molecule has 0 fully saturated rings. The van der Waals surface area contributed by atoms with Crippen LogP contribution in [0, 0.1) is 0 Å². The Balaban J connectivity index is 2.01. The van der Waals surface area contributed by atoms with E-state index in [0.717, 1.165) is 5.56 Å². The lowest BCUT2D eigenvalue weighted by atomic mass is 10.2. The second kappa shape index (κ2) is 8.47. The minimum atomic E-state index is -3.57. The van der Waals surface area contributed by atoms with Crippen molar-refractivity contribution >= 4 is 27.5 Å². The molecule has 1 amide bonds. The summed E-state index contributed by atoms with van der Waals surface area (Å²) >= 11 is 5.82. The lowest BCUT2D eigenvalue weighted by Gasteiger charge is -2.12. The van der Waals surface area contributed by atoms with Gasteiger partial charge in [0.05, 0.1) is 4.90 Å². The standard InChI is InChI=1S/C18H21ClN2O3S/c1-3-13(2)21-25(23,24)17-10-6-15(7-11-17)18(22)20-12-14-4-8-16(19)9-5-14/h4-11,13,21H,3,12H2,1-2H3,(H,20,22). The van der Waals surface area contributed by atoms with Crippen molar-refractivity contribution in [3.63, 3.8) is 0 Å². The van der Waals surface area contributed by atoms with E-state index in [4.69, 9.17) is 11.6 Å². The molecule has 0 saturated carbocycles. The lowest BCUT2D eigenvalue weighted by Crippen LogP contribution is -2.32. The third-order valence-electron chi connectivity index (χ3n) is 3.76. The van der Waals surface area contributed by atoms with E-state index < -0.39 is 10.0 Å². The van der Waals surface area contributed by atoms with Gasteiger partial charge in [0.2, 0.25) is 10.0 Å². The number of carbonyl (C=O) groups is 1. The van der Waals surface area contributed by atoms with Gasteiger partial charge in [0.25, 0.3) is 5.91 Å². The van der Waals surface area contributed by atoms with Crippen LogP contribution in [0.4, 0.5) is 0 Å². The first-order valence-electron chi connectivity index (χ1n) is 7.97. The maximum Gasteiger partial charge on any atom is 0.251 e. The molecule has 1 atom stereocenters. The summed E-state index contributed by atoms with van der Waals surface area (Å²) < 4.78 is 27.0. The van der Waals surface area contributed by atoms with Crippen molar-refractivity contribution in [1.29, 1.82) is 0 Å². The second-order valence-electron chi connectivity index (χ2n) is 5.76. The average molecular weight is 381 g/mol. The van der Waals surface area contributed by atoms with Crippen LogP contribution in [0.1, 0.15) is 36.2 Å². The topological polar surface area (TPSA) is 75.3 Å². The molecular formula is C18H21ClN2O3S. The van der Waals surface area contributed by atoms with Crippen LogP contribution in [0.15, 0.2) is 53.4 Å². The smallest absolute Gasteiger partial charge is 0.251 e. The summed E-state index contributed by atoms with van der Waals surface area (Å²) in [5, 5.41) is 3.42. The summed E-state index contributed by atoms with van der Waals surface area (Å²) in [6.07, 6.45) is 0.699. The van der Waals surface area contributed by atoms with E-state index in [1.54, 1.807) is 19.1 Å². The van der Waals surface area contributed by atoms with Gasteiger partial charge in [0.1, 0.15) is 0 Å². The van der Waals surface area contributed by atoms with Gasteiger partial charge in [-0.3, -0.25) is 4.79 Å². The molecule has 2 aromatic carbocycles. The summed E-state index contributed by atoms with van der Waals surface area (Å²) in [5.74, 6) is -0.270. The van der Waals surface area contributed by atoms with Gasteiger partial charge in [-0.2, -0.15) is 0 Å². The van der Waals surface area contributed by atoms with Crippen molar-refractivity contribution in [3.05, 3.63) is 64.7 Å². The first-order valence-corrected chi connectivity index (χ1v) is 9.83. The highest BCUT2D eigenvalue weighted by molar-refractivity contribution is 7.89. The van der Waals surface area contributed by atoms with Crippen LogP contribution in [0.5, 0.6) is 0 Å². The number of hydrogen-bond acceptors (Lipinski definition) is 3. The van der Waals surface area contributed by atoms with Gasteiger partial charge in [-0.05, 0) is 55.3 Å². The van der Waals surface area contributed by atoms with E-state index in [1.807, 2.05) is 19.1 Å². The van der Waals surface area contributed by atoms with Crippen molar-refractivity contribution in [1.82, 2.24) is 10.0 Å². The fourth-order valence-corrected chi connectivity index (χ4v) is 3.54. The molecule has 25 heavy (non-hydrogen) atoms. The monoisotopic (exact) mass is 380 g/mol. The molecule has 0 spiro atoms. The number of benzene rings is 2. The molecule has 5 nitrogen and oxygen atoms in total. The lowest BCUT2D eigenvalue weighted by molar-refractivity contribution is 0.0951. The molecule has 0 aromatic heterocycles. The van der Waals surface area contributed by atoms with Gasteiger partial charge in [0.15, 0.2) is 0 Å². The highest BCUT2D eigenvalue weighted by Gasteiger charge is 2.17. The van der Waals surface area contributed by atoms with Crippen LogP contribution in [-0.2, 0) is 16.6 Å². The number of sulfonamides is 1. The van der Waals surface area contributed by atoms with Crippen molar-refractivity contribution < 1.29 is 13.2 Å². The SMILES string of the molecule is CCC(C)NS(=O)(=O)c1ccc(C(=O)NCc2ccc(Cl)cc2)cc1. The molecule has 0 aliphatic heterocycles. The largest absolute Gasteiger partial charge is 0.348 e. The zero-order valence-corrected chi connectivity index (χ0v) is 15.7. The van der Waals surface area contributed by atoms with Gasteiger partial charge in [-0.25, -0.2) is 13.1 Å². The summed E-state index contributed by atoms with van der Waals surface area (Å²) in [6.45, 7) is 4.07. The molecule has 1 unspecified atom stereocenters. The number of carbonyl (C=O) groups excluding carboxylic acids is 1. The highest BCUT2D eigenvalue weighted by Crippen LogP contribution is 2.13. The number of amides is 1. The highest BCUT2D eigenvalue weighted by atomic mass is 35.5. The Morgan fingerprint density at radius 3 is 2.24 bits per heavy atom. The molecule has 2 rings (SSSR count). The quantitative estimate of drug-likeness (QED) is 0.773. The molecule has 2 aromatic rings. The van der Waals surface area contributed by atoms with Gasteiger partial charge in [-0.1, -0.05) is 30.7 Å². The maximum atomic E-state index is 12.2. The van der Waals surface area contributed by atoms with Crippen LogP contribution >= 0.6 is 11.6 Å². The van der Waals surface area contributed by atoms with Crippen LogP contribution in [-0.4, -0.2) is 20.4 Å². The molecule has 0 saturated heterocycles. The Kier molecular flexibility index (Phi) is 6.58. The molecule has 0 heterocycles. The van der Waals surface area contributed by atoms with Gasteiger partial charge < -0.3 is 5.32 Å². The van der Waals surface area contributed by atoms with Crippen LogP contribution < -0.4 is 10.0 Å². The molecule has 0 aliphatic rings. The predicted molar refractivity (Wildman–Crippen MR) is 99.1 cm³/mol. The van der Waals surface area contributed by atoms with Crippen molar-refractivity contribution in [2.24, 2.45) is 0 Å². The van der Waals surface area contributed by atoms with E-state index >= 15 is 0 Å². The maximum absolute atomic E-state index is 12.2.